The molecule has 0 aromatic heterocycles. The van der Waals surface area contributed by atoms with Crippen LogP contribution in [-0.2, 0) is 14.3 Å². The summed E-state index contributed by atoms with van der Waals surface area (Å²) in [5, 5.41) is 7.16. The molecule has 0 aliphatic carbocycles. The highest BCUT2D eigenvalue weighted by molar-refractivity contribution is 6.30. The van der Waals surface area contributed by atoms with Gasteiger partial charge in [0.05, 0.1) is 18.7 Å². The van der Waals surface area contributed by atoms with Crippen LogP contribution in [0.1, 0.15) is 41.7 Å². The molecule has 172 valence electrons. The molecule has 7 nitrogen and oxygen atoms in total. The lowest BCUT2D eigenvalue weighted by atomic mass is 9.88. The monoisotopic (exact) mass is 460 g/mol. The van der Waals surface area contributed by atoms with E-state index in [0.29, 0.717) is 49.8 Å². The van der Waals surface area contributed by atoms with E-state index in [1.165, 1.54) is 7.11 Å². The molecule has 0 spiro atoms. The van der Waals surface area contributed by atoms with Crippen molar-refractivity contribution >= 4 is 23.5 Å². The molecule has 2 aromatic carbocycles. The van der Waals surface area contributed by atoms with Gasteiger partial charge in [0, 0.05) is 24.8 Å². The number of esters is 1. The van der Waals surface area contributed by atoms with Crippen molar-refractivity contribution < 1.29 is 23.8 Å². The number of rotatable bonds is 9. The average Bonchev–Trinajstić information content (AvgIpc) is 2.83. The van der Waals surface area contributed by atoms with Crippen molar-refractivity contribution in [2.45, 2.75) is 31.3 Å². The number of amides is 1. The van der Waals surface area contributed by atoms with Crippen LogP contribution >= 0.6 is 11.6 Å². The summed E-state index contributed by atoms with van der Waals surface area (Å²) in [7, 11) is 1.35. The highest BCUT2D eigenvalue weighted by Gasteiger charge is 2.40. The van der Waals surface area contributed by atoms with Crippen molar-refractivity contribution in [3.8, 4) is 5.75 Å². The number of nitrogens with one attached hydrogen (secondary N) is 2. The van der Waals surface area contributed by atoms with Crippen molar-refractivity contribution in [1.82, 2.24) is 10.6 Å². The SMILES string of the molecule is COC(=O)c1ccc([C@H](C)NC(=O)C2(NCCOc3ccc(Cl)cc3)CCOCC2)cc1. The Morgan fingerprint density at radius 2 is 1.75 bits per heavy atom. The molecule has 0 unspecified atom stereocenters. The Hall–Kier alpha value is -2.61. The molecule has 2 N–H and O–H groups in total. The predicted octanol–water partition coefficient (Wildman–Crippen LogP) is 3.52. The first-order chi connectivity index (χ1) is 15.4. The fourth-order valence-electron chi connectivity index (χ4n) is 3.64. The van der Waals surface area contributed by atoms with Crippen LogP contribution in [-0.4, -0.2) is 50.9 Å². The summed E-state index contributed by atoms with van der Waals surface area (Å²) in [5.41, 5.74) is 0.652. The lowest BCUT2D eigenvalue weighted by molar-refractivity contribution is -0.132. The van der Waals surface area contributed by atoms with E-state index >= 15 is 0 Å². The minimum atomic E-state index is -0.720. The summed E-state index contributed by atoms with van der Waals surface area (Å²) in [6, 6.07) is 14.0. The normalized spacial score (nSPS) is 16.1. The molecule has 0 bridgehead atoms. The molecule has 1 atom stereocenters. The van der Waals surface area contributed by atoms with Gasteiger partial charge in [-0.05, 0) is 61.7 Å². The smallest absolute Gasteiger partial charge is 0.337 e. The molecule has 8 heteroatoms. The van der Waals surface area contributed by atoms with E-state index in [1.807, 2.05) is 31.2 Å². The van der Waals surface area contributed by atoms with Crippen LogP contribution in [0.4, 0.5) is 0 Å². The zero-order valence-electron chi connectivity index (χ0n) is 18.4. The molecule has 0 radical (unpaired) electrons. The van der Waals surface area contributed by atoms with Crippen LogP contribution < -0.4 is 15.4 Å². The van der Waals surface area contributed by atoms with Gasteiger partial charge < -0.3 is 19.5 Å². The summed E-state index contributed by atoms with van der Waals surface area (Å²) in [5.74, 6) is 0.266. The first-order valence-electron chi connectivity index (χ1n) is 10.6. The van der Waals surface area contributed by atoms with Gasteiger partial charge in [0.15, 0.2) is 0 Å². The van der Waals surface area contributed by atoms with Gasteiger partial charge in [0.2, 0.25) is 5.91 Å². The number of benzene rings is 2. The summed E-state index contributed by atoms with van der Waals surface area (Å²) in [6.45, 7) is 3.88. The second kappa shape index (κ2) is 11.3. The maximum atomic E-state index is 13.3. The maximum Gasteiger partial charge on any atom is 0.337 e. The molecule has 1 aliphatic rings. The zero-order chi connectivity index (χ0) is 23.0. The van der Waals surface area contributed by atoms with Gasteiger partial charge in [-0.2, -0.15) is 0 Å². The molecular weight excluding hydrogens is 432 g/mol. The quantitative estimate of drug-likeness (QED) is 0.440. The van der Waals surface area contributed by atoms with Gasteiger partial charge in [-0.1, -0.05) is 23.7 Å². The van der Waals surface area contributed by atoms with Crippen molar-refractivity contribution in [3.63, 3.8) is 0 Å². The third kappa shape index (κ3) is 6.22. The Morgan fingerprint density at radius 3 is 2.38 bits per heavy atom. The van der Waals surface area contributed by atoms with Crippen LogP contribution in [0.25, 0.3) is 0 Å². The fourth-order valence-corrected chi connectivity index (χ4v) is 3.76. The second-order valence-electron chi connectivity index (χ2n) is 7.73. The third-order valence-electron chi connectivity index (χ3n) is 5.61. The van der Waals surface area contributed by atoms with Crippen molar-refractivity contribution in [1.29, 1.82) is 0 Å². The first-order valence-corrected chi connectivity index (χ1v) is 11.0. The maximum absolute atomic E-state index is 13.3. The van der Waals surface area contributed by atoms with E-state index < -0.39 is 5.54 Å². The van der Waals surface area contributed by atoms with Crippen LogP contribution in [0.3, 0.4) is 0 Å². The predicted molar refractivity (Wildman–Crippen MR) is 122 cm³/mol. The fraction of sp³-hybridized carbons (Fsp3) is 0.417. The average molecular weight is 461 g/mol. The summed E-state index contributed by atoms with van der Waals surface area (Å²) in [4.78, 5) is 24.9. The highest BCUT2D eigenvalue weighted by Crippen LogP contribution is 2.23. The van der Waals surface area contributed by atoms with Crippen molar-refractivity contribution in [3.05, 3.63) is 64.7 Å². The van der Waals surface area contributed by atoms with Gasteiger partial charge in [-0.25, -0.2) is 4.79 Å². The molecule has 2 aromatic rings. The largest absolute Gasteiger partial charge is 0.492 e. The number of halogens is 1. The van der Waals surface area contributed by atoms with E-state index in [-0.39, 0.29) is 17.9 Å². The van der Waals surface area contributed by atoms with Gasteiger partial charge >= 0.3 is 5.97 Å². The molecule has 1 amide bonds. The van der Waals surface area contributed by atoms with Crippen LogP contribution in [0.15, 0.2) is 48.5 Å². The van der Waals surface area contributed by atoms with E-state index in [4.69, 9.17) is 25.8 Å². The molecule has 1 aliphatic heterocycles. The van der Waals surface area contributed by atoms with Gasteiger partial charge in [0.1, 0.15) is 17.9 Å². The van der Waals surface area contributed by atoms with Gasteiger partial charge in [0.25, 0.3) is 0 Å². The Bertz CT molecular complexity index is 896. The van der Waals surface area contributed by atoms with Crippen LogP contribution in [0, 0.1) is 0 Å². The van der Waals surface area contributed by atoms with Crippen molar-refractivity contribution in [2.75, 3.05) is 33.5 Å². The standard InChI is InChI=1S/C24H29ClN2O5/c1-17(18-3-5-19(6-4-18)22(28)30-2)27-23(29)24(11-14-31-15-12-24)26-13-16-32-21-9-7-20(25)8-10-21/h3-10,17,26H,11-16H2,1-2H3,(H,27,29)/t17-/m0/s1. The van der Waals surface area contributed by atoms with Crippen LogP contribution in [0.2, 0.25) is 5.02 Å². The summed E-state index contributed by atoms with van der Waals surface area (Å²) in [6.07, 6.45) is 1.15. The first kappa shape index (κ1) is 24.0. The lowest BCUT2D eigenvalue weighted by Gasteiger charge is -2.37. The van der Waals surface area contributed by atoms with Crippen molar-refractivity contribution in [2.24, 2.45) is 0 Å². The lowest BCUT2D eigenvalue weighted by Crippen LogP contribution is -2.60. The van der Waals surface area contributed by atoms with E-state index in [2.05, 4.69) is 10.6 Å². The Kier molecular flexibility index (Phi) is 8.50. The molecule has 1 heterocycles. The van der Waals surface area contributed by atoms with E-state index in [9.17, 15) is 9.59 Å². The zero-order valence-corrected chi connectivity index (χ0v) is 19.1. The third-order valence-corrected chi connectivity index (χ3v) is 5.86. The molecule has 0 saturated carbocycles. The molecular formula is C24H29ClN2O5. The van der Waals surface area contributed by atoms with Gasteiger partial charge in [-0.15, -0.1) is 0 Å². The second-order valence-corrected chi connectivity index (χ2v) is 8.17. The number of carbonyl (C=O) groups is 2. The Labute approximate surface area is 193 Å². The Morgan fingerprint density at radius 1 is 1.09 bits per heavy atom. The number of ether oxygens (including phenoxy) is 3. The number of hydrogen-bond donors (Lipinski definition) is 2. The minimum Gasteiger partial charge on any atom is -0.492 e. The number of methoxy groups -OCH3 is 1. The van der Waals surface area contributed by atoms with Crippen LogP contribution in [0.5, 0.6) is 5.75 Å². The molecule has 1 fully saturated rings. The molecule has 1 saturated heterocycles. The van der Waals surface area contributed by atoms with Gasteiger partial charge in [-0.3, -0.25) is 10.1 Å². The molecule has 3 rings (SSSR count). The molecule has 32 heavy (non-hydrogen) atoms. The summed E-state index contributed by atoms with van der Waals surface area (Å²) < 4.78 is 16.0. The summed E-state index contributed by atoms with van der Waals surface area (Å²) >= 11 is 5.90. The number of carbonyl (C=O) groups excluding carboxylic acids is 2. The Balaban J connectivity index is 1.58. The van der Waals surface area contributed by atoms with E-state index in [1.54, 1.807) is 24.3 Å². The van der Waals surface area contributed by atoms with E-state index in [0.717, 1.165) is 11.3 Å². The number of hydrogen-bond acceptors (Lipinski definition) is 6. The highest BCUT2D eigenvalue weighted by atomic mass is 35.5. The topological polar surface area (TPSA) is 85.9 Å². The minimum absolute atomic E-state index is 0.0724.